The average Bonchev–Trinajstić information content (AvgIpc) is 2.80. The molecule has 0 radical (unpaired) electrons. The van der Waals surface area contributed by atoms with Gasteiger partial charge < -0.3 is 15.7 Å². The lowest BCUT2D eigenvalue weighted by molar-refractivity contribution is -0.144. The van der Waals surface area contributed by atoms with E-state index in [0.717, 1.165) is 38.3 Å². The second kappa shape index (κ2) is 5.17. The third kappa shape index (κ3) is 2.54. The van der Waals surface area contributed by atoms with E-state index in [1.54, 1.807) is 0 Å². The highest BCUT2D eigenvalue weighted by Crippen LogP contribution is 2.37. The smallest absolute Gasteiger partial charge is 0.323 e. The summed E-state index contributed by atoms with van der Waals surface area (Å²) in [6, 6.07) is 0.637. The topological polar surface area (TPSA) is 66.6 Å². The molecule has 18 heavy (non-hydrogen) atoms. The molecule has 1 saturated heterocycles. The number of carbonyl (C=O) groups is 1. The zero-order valence-corrected chi connectivity index (χ0v) is 11.6. The van der Waals surface area contributed by atoms with E-state index in [1.807, 2.05) is 0 Å². The van der Waals surface area contributed by atoms with Crippen LogP contribution in [0.5, 0.6) is 0 Å². The molecule has 4 atom stereocenters. The van der Waals surface area contributed by atoms with E-state index in [0.29, 0.717) is 12.5 Å². The number of rotatable bonds is 4. The Morgan fingerprint density at radius 2 is 2.22 bits per heavy atom. The third-order valence-corrected chi connectivity index (χ3v) is 4.95. The van der Waals surface area contributed by atoms with Gasteiger partial charge in [-0.1, -0.05) is 13.3 Å². The number of likely N-dealkylation sites (tertiary alicyclic amines) is 1. The van der Waals surface area contributed by atoms with E-state index in [4.69, 9.17) is 5.73 Å². The van der Waals surface area contributed by atoms with Crippen molar-refractivity contribution in [3.05, 3.63) is 0 Å². The van der Waals surface area contributed by atoms with Crippen molar-refractivity contribution in [2.24, 2.45) is 17.6 Å². The van der Waals surface area contributed by atoms with E-state index in [9.17, 15) is 9.90 Å². The largest absolute Gasteiger partial charge is 0.480 e. The van der Waals surface area contributed by atoms with Crippen LogP contribution in [0.1, 0.15) is 46.0 Å². The van der Waals surface area contributed by atoms with E-state index < -0.39 is 11.5 Å². The first-order chi connectivity index (χ1) is 8.43. The molecule has 104 valence electrons. The summed E-state index contributed by atoms with van der Waals surface area (Å²) in [6.45, 7) is 6.71. The molecule has 1 aliphatic heterocycles. The van der Waals surface area contributed by atoms with Crippen molar-refractivity contribution >= 4 is 5.97 Å². The molecule has 1 aliphatic carbocycles. The van der Waals surface area contributed by atoms with Crippen molar-refractivity contribution in [2.75, 3.05) is 13.1 Å². The molecular formula is C14H26N2O2. The number of hydrogen-bond acceptors (Lipinski definition) is 3. The van der Waals surface area contributed by atoms with Gasteiger partial charge in [0.15, 0.2) is 0 Å². The Hall–Kier alpha value is -0.610. The molecule has 3 N–H and O–H groups in total. The van der Waals surface area contributed by atoms with E-state index in [-0.39, 0.29) is 5.92 Å². The van der Waals surface area contributed by atoms with Crippen molar-refractivity contribution in [1.82, 2.24) is 4.90 Å². The molecule has 4 nitrogen and oxygen atoms in total. The van der Waals surface area contributed by atoms with Gasteiger partial charge in [0.25, 0.3) is 0 Å². The minimum atomic E-state index is -0.964. The predicted molar refractivity (Wildman–Crippen MR) is 71.3 cm³/mol. The minimum Gasteiger partial charge on any atom is -0.480 e. The first-order valence-corrected chi connectivity index (χ1v) is 7.20. The maximum absolute atomic E-state index is 11.3. The molecule has 1 heterocycles. The molecule has 4 unspecified atom stereocenters. The summed E-state index contributed by atoms with van der Waals surface area (Å²) >= 11 is 0. The van der Waals surface area contributed by atoms with Crippen LogP contribution in [0.25, 0.3) is 0 Å². The van der Waals surface area contributed by atoms with Gasteiger partial charge in [0.2, 0.25) is 0 Å². The van der Waals surface area contributed by atoms with Crippen molar-refractivity contribution in [3.8, 4) is 0 Å². The molecule has 0 aromatic rings. The summed E-state index contributed by atoms with van der Waals surface area (Å²) < 4.78 is 0. The Balaban J connectivity index is 1.88. The molecule has 0 spiro atoms. The summed E-state index contributed by atoms with van der Waals surface area (Å²) in [6.07, 6.45) is 4.76. The quantitative estimate of drug-likeness (QED) is 0.801. The maximum atomic E-state index is 11.3. The molecule has 0 bridgehead atoms. The molecule has 2 rings (SSSR count). The molecule has 0 aromatic carbocycles. The fourth-order valence-electron chi connectivity index (χ4n) is 3.81. The lowest BCUT2D eigenvalue weighted by atomic mass is 9.85. The number of nitrogens with two attached hydrogens (primary N) is 1. The summed E-state index contributed by atoms with van der Waals surface area (Å²) in [4.78, 5) is 13.8. The van der Waals surface area contributed by atoms with Crippen LogP contribution >= 0.6 is 0 Å². The first-order valence-electron chi connectivity index (χ1n) is 7.20. The highest BCUT2D eigenvalue weighted by Gasteiger charge is 2.45. The Labute approximate surface area is 110 Å². The molecule has 2 fully saturated rings. The Bertz CT molecular complexity index is 321. The summed E-state index contributed by atoms with van der Waals surface area (Å²) in [5.41, 5.74) is 5.11. The Kier molecular flexibility index (Phi) is 3.97. The fraction of sp³-hybridized carbons (Fsp3) is 0.929. The lowest BCUT2D eigenvalue weighted by Gasteiger charge is -2.29. The fourth-order valence-corrected chi connectivity index (χ4v) is 3.81. The SMILES string of the molecule is CC1CC(C)N(CCC2CCCC2(N)C(=O)O)C1. The molecule has 0 aromatic heterocycles. The zero-order valence-electron chi connectivity index (χ0n) is 11.6. The van der Waals surface area contributed by atoms with Crippen LogP contribution in [0.15, 0.2) is 0 Å². The normalized spacial score (nSPS) is 41.4. The highest BCUT2D eigenvalue weighted by atomic mass is 16.4. The Morgan fingerprint density at radius 3 is 2.78 bits per heavy atom. The van der Waals surface area contributed by atoms with E-state index in [1.165, 1.54) is 6.42 Å². The summed E-state index contributed by atoms with van der Waals surface area (Å²) in [5.74, 6) is 0.108. The van der Waals surface area contributed by atoms with Crippen LogP contribution in [0.4, 0.5) is 0 Å². The van der Waals surface area contributed by atoms with Gasteiger partial charge in [0, 0.05) is 12.6 Å². The van der Waals surface area contributed by atoms with Crippen LogP contribution in [-0.4, -0.2) is 40.6 Å². The minimum absolute atomic E-state index is 0.151. The van der Waals surface area contributed by atoms with Gasteiger partial charge in [-0.2, -0.15) is 0 Å². The lowest BCUT2D eigenvalue weighted by Crippen LogP contribution is -2.51. The van der Waals surface area contributed by atoms with Gasteiger partial charge in [-0.05, 0) is 51.0 Å². The number of nitrogens with zero attached hydrogens (tertiary/aromatic N) is 1. The van der Waals surface area contributed by atoms with E-state index in [2.05, 4.69) is 18.7 Å². The van der Waals surface area contributed by atoms with Gasteiger partial charge in [0.1, 0.15) is 5.54 Å². The standard InChI is InChI=1S/C14H26N2O2/c1-10-8-11(2)16(9-10)7-5-12-4-3-6-14(12,15)13(17)18/h10-12H,3-9,15H2,1-2H3,(H,17,18). The number of aliphatic carboxylic acids is 1. The van der Waals surface area contributed by atoms with Gasteiger partial charge in [-0.25, -0.2) is 0 Å². The maximum Gasteiger partial charge on any atom is 0.323 e. The monoisotopic (exact) mass is 254 g/mol. The molecule has 1 saturated carbocycles. The van der Waals surface area contributed by atoms with E-state index >= 15 is 0 Å². The Morgan fingerprint density at radius 1 is 1.50 bits per heavy atom. The van der Waals surface area contributed by atoms with Gasteiger partial charge in [0.05, 0.1) is 0 Å². The predicted octanol–water partition coefficient (Wildman–Crippen LogP) is 1.69. The van der Waals surface area contributed by atoms with Gasteiger partial charge in [-0.15, -0.1) is 0 Å². The van der Waals surface area contributed by atoms with Crippen molar-refractivity contribution < 1.29 is 9.90 Å². The van der Waals surface area contributed by atoms with Crippen LogP contribution in [-0.2, 0) is 4.79 Å². The zero-order chi connectivity index (χ0) is 13.3. The van der Waals surface area contributed by atoms with Crippen molar-refractivity contribution in [1.29, 1.82) is 0 Å². The second-order valence-corrected chi connectivity index (χ2v) is 6.41. The number of carboxylic acids is 1. The first kappa shape index (κ1) is 13.8. The molecular weight excluding hydrogens is 228 g/mol. The van der Waals surface area contributed by atoms with Crippen molar-refractivity contribution in [3.63, 3.8) is 0 Å². The van der Waals surface area contributed by atoms with Crippen molar-refractivity contribution in [2.45, 2.75) is 57.5 Å². The summed E-state index contributed by atoms with van der Waals surface area (Å²) in [7, 11) is 0. The molecule has 4 heteroatoms. The highest BCUT2D eigenvalue weighted by molar-refractivity contribution is 5.79. The van der Waals surface area contributed by atoms with Gasteiger partial charge in [-0.3, -0.25) is 4.79 Å². The third-order valence-electron chi connectivity index (χ3n) is 4.95. The average molecular weight is 254 g/mol. The molecule has 2 aliphatic rings. The van der Waals surface area contributed by atoms with Crippen LogP contribution in [0.2, 0.25) is 0 Å². The number of hydrogen-bond donors (Lipinski definition) is 2. The summed E-state index contributed by atoms with van der Waals surface area (Å²) in [5, 5.41) is 9.29. The van der Waals surface area contributed by atoms with Crippen LogP contribution in [0, 0.1) is 11.8 Å². The van der Waals surface area contributed by atoms with Gasteiger partial charge >= 0.3 is 5.97 Å². The number of carboxylic acid groups (broad SMARTS) is 1. The van der Waals surface area contributed by atoms with Crippen LogP contribution < -0.4 is 5.73 Å². The molecule has 0 amide bonds. The second-order valence-electron chi connectivity index (χ2n) is 6.41. The van der Waals surface area contributed by atoms with Crippen LogP contribution in [0.3, 0.4) is 0 Å².